The van der Waals surface area contributed by atoms with Crippen LogP contribution in [-0.4, -0.2) is 47.4 Å². The zero-order valence-corrected chi connectivity index (χ0v) is 14.4. The summed E-state index contributed by atoms with van der Waals surface area (Å²) in [7, 11) is 0. The van der Waals surface area contributed by atoms with Gasteiger partial charge in [0.25, 0.3) is 5.91 Å². The molecule has 21 heavy (non-hydrogen) atoms. The normalized spacial score (nSPS) is 16.6. The lowest BCUT2D eigenvalue weighted by atomic mass is 10.0. The number of hydrogen-bond donors (Lipinski definition) is 0. The van der Waals surface area contributed by atoms with Gasteiger partial charge in [-0.05, 0) is 48.0 Å². The lowest BCUT2D eigenvalue weighted by Gasteiger charge is -2.40. The summed E-state index contributed by atoms with van der Waals surface area (Å²) in [6.07, 6.45) is 0. The van der Waals surface area contributed by atoms with E-state index in [0.717, 1.165) is 4.47 Å². The smallest absolute Gasteiger partial charge is 0.253 e. The number of carbonyl (C=O) groups excluding carboxylic acids is 1. The van der Waals surface area contributed by atoms with Crippen LogP contribution in [0.2, 0.25) is 5.02 Å². The maximum absolute atomic E-state index is 12.5. The highest BCUT2D eigenvalue weighted by Crippen LogP contribution is 2.24. The summed E-state index contributed by atoms with van der Waals surface area (Å²) in [5, 5.41) is 9.70. The lowest BCUT2D eigenvalue weighted by molar-refractivity contribution is 0.0521. The Bertz CT molecular complexity index is 589. The van der Waals surface area contributed by atoms with Crippen LogP contribution in [-0.2, 0) is 0 Å². The van der Waals surface area contributed by atoms with Crippen LogP contribution in [0.15, 0.2) is 22.7 Å². The van der Waals surface area contributed by atoms with Crippen molar-refractivity contribution < 1.29 is 4.79 Å². The molecule has 4 nitrogen and oxygen atoms in total. The van der Waals surface area contributed by atoms with Crippen molar-refractivity contribution in [3.8, 4) is 6.07 Å². The van der Waals surface area contributed by atoms with Crippen LogP contribution in [0.4, 0.5) is 0 Å². The minimum absolute atomic E-state index is 0.0150. The molecule has 0 N–H and O–H groups in total. The van der Waals surface area contributed by atoms with Crippen molar-refractivity contribution in [2.24, 2.45) is 0 Å². The number of nitriles is 1. The predicted molar refractivity (Wildman–Crippen MR) is 86.3 cm³/mol. The van der Waals surface area contributed by atoms with E-state index in [0.29, 0.717) is 36.8 Å². The molecule has 1 fully saturated rings. The molecule has 1 heterocycles. The number of hydrogen-bond acceptors (Lipinski definition) is 3. The number of rotatable bonds is 2. The van der Waals surface area contributed by atoms with Crippen LogP contribution in [0, 0.1) is 11.3 Å². The van der Waals surface area contributed by atoms with Crippen LogP contribution in [0.3, 0.4) is 0 Å². The molecule has 0 unspecified atom stereocenters. The highest BCUT2D eigenvalue weighted by atomic mass is 79.9. The third-order valence-corrected chi connectivity index (χ3v) is 5.03. The van der Waals surface area contributed by atoms with Gasteiger partial charge in [-0.15, -0.1) is 0 Å². The molecule has 1 aliphatic rings. The molecule has 1 amide bonds. The third kappa shape index (κ3) is 3.57. The fourth-order valence-electron chi connectivity index (χ4n) is 2.35. The fraction of sp³-hybridized carbons (Fsp3) is 0.467. The molecule has 0 aliphatic carbocycles. The molecule has 6 heteroatoms. The molecule has 112 valence electrons. The van der Waals surface area contributed by atoms with Gasteiger partial charge >= 0.3 is 0 Å². The lowest BCUT2D eigenvalue weighted by Crippen LogP contribution is -2.55. The van der Waals surface area contributed by atoms with Crippen molar-refractivity contribution in [1.29, 1.82) is 5.26 Å². The minimum atomic E-state index is -0.490. The fourth-order valence-corrected chi connectivity index (χ4v) is 2.78. The zero-order valence-electron chi connectivity index (χ0n) is 12.1. The number of halogens is 2. The molecule has 1 aromatic carbocycles. The van der Waals surface area contributed by atoms with Crippen molar-refractivity contribution >= 4 is 33.4 Å². The molecule has 0 aromatic heterocycles. The maximum Gasteiger partial charge on any atom is 0.253 e. The SMILES string of the molecule is CC(C)(C#N)N1CCN(C(=O)c2ccc(Br)c(Cl)c2)CC1. The van der Waals surface area contributed by atoms with Crippen molar-refractivity contribution in [3.63, 3.8) is 0 Å². The predicted octanol–water partition coefficient (Wildman–Crippen LogP) is 3.16. The van der Waals surface area contributed by atoms with E-state index < -0.39 is 5.54 Å². The van der Waals surface area contributed by atoms with Crippen molar-refractivity contribution in [1.82, 2.24) is 9.80 Å². The molecular weight excluding hydrogens is 354 g/mol. The topological polar surface area (TPSA) is 47.3 Å². The first-order valence-corrected chi connectivity index (χ1v) is 7.93. The molecule has 0 spiro atoms. The first-order valence-electron chi connectivity index (χ1n) is 6.76. The van der Waals surface area contributed by atoms with Gasteiger partial charge in [0.05, 0.1) is 11.1 Å². The van der Waals surface area contributed by atoms with E-state index in [1.54, 1.807) is 18.2 Å². The van der Waals surface area contributed by atoms with Crippen LogP contribution < -0.4 is 0 Å². The molecule has 1 aromatic rings. The Morgan fingerprint density at radius 2 is 1.95 bits per heavy atom. The van der Waals surface area contributed by atoms with E-state index in [1.165, 1.54) is 0 Å². The van der Waals surface area contributed by atoms with Crippen molar-refractivity contribution in [2.75, 3.05) is 26.2 Å². The second kappa shape index (κ2) is 6.35. The Hall–Kier alpha value is -1.09. The Morgan fingerprint density at radius 1 is 1.33 bits per heavy atom. The van der Waals surface area contributed by atoms with Gasteiger partial charge in [-0.25, -0.2) is 0 Å². The summed E-state index contributed by atoms with van der Waals surface area (Å²) in [6.45, 7) is 6.46. The van der Waals surface area contributed by atoms with Gasteiger partial charge in [-0.2, -0.15) is 5.26 Å². The Labute approximate surface area is 138 Å². The number of amides is 1. The molecule has 1 saturated heterocycles. The van der Waals surface area contributed by atoms with E-state index in [2.05, 4.69) is 26.9 Å². The van der Waals surface area contributed by atoms with Gasteiger partial charge in [0.1, 0.15) is 5.54 Å². The molecule has 0 bridgehead atoms. The van der Waals surface area contributed by atoms with Crippen LogP contribution >= 0.6 is 27.5 Å². The Kier molecular flexibility index (Phi) is 4.92. The summed E-state index contributed by atoms with van der Waals surface area (Å²) >= 11 is 9.35. The summed E-state index contributed by atoms with van der Waals surface area (Å²) in [5.41, 5.74) is 0.104. The van der Waals surface area contributed by atoms with Crippen molar-refractivity contribution in [3.05, 3.63) is 33.3 Å². The maximum atomic E-state index is 12.5. The average Bonchev–Trinajstić information content (AvgIpc) is 2.49. The van der Waals surface area contributed by atoms with Gasteiger partial charge in [-0.1, -0.05) is 11.6 Å². The number of piperazine rings is 1. The molecule has 0 saturated carbocycles. The molecular formula is C15H17BrClN3O. The first-order chi connectivity index (χ1) is 9.85. The van der Waals surface area contributed by atoms with E-state index in [-0.39, 0.29) is 5.91 Å². The number of carbonyl (C=O) groups is 1. The van der Waals surface area contributed by atoms with Gasteiger partial charge in [0, 0.05) is 36.2 Å². The zero-order chi connectivity index (χ0) is 15.6. The van der Waals surface area contributed by atoms with Crippen LogP contribution in [0.1, 0.15) is 24.2 Å². The van der Waals surface area contributed by atoms with Gasteiger partial charge in [0.2, 0.25) is 0 Å². The van der Waals surface area contributed by atoms with Crippen molar-refractivity contribution in [2.45, 2.75) is 19.4 Å². The number of benzene rings is 1. The third-order valence-electron chi connectivity index (χ3n) is 3.80. The van der Waals surface area contributed by atoms with E-state index >= 15 is 0 Å². The van der Waals surface area contributed by atoms with E-state index in [1.807, 2.05) is 18.7 Å². The monoisotopic (exact) mass is 369 g/mol. The molecule has 2 rings (SSSR count). The van der Waals surface area contributed by atoms with Gasteiger partial charge in [0.15, 0.2) is 0 Å². The largest absolute Gasteiger partial charge is 0.336 e. The van der Waals surface area contributed by atoms with E-state index in [9.17, 15) is 4.79 Å². The summed E-state index contributed by atoms with van der Waals surface area (Å²) in [5.74, 6) is -0.0150. The molecule has 0 radical (unpaired) electrons. The molecule has 1 aliphatic heterocycles. The average molecular weight is 371 g/mol. The van der Waals surface area contributed by atoms with Crippen LogP contribution in [0.25, 0.3) is 0 Å². The van der Waals surface area contributed by atoms with Gasteiger partial charge in [-0.3, -0.25) is 9.69 Å². The first kappa shape index (κ1) is 16.3. The summed E-state index contributed by atoms with van der Waals surface area (Å²) < 4.78 is 0.779. The summed E-state index contributed by atoms with van der Waals surface area (Å²) in [4.78, 5) is 16.4. The van der Waals surface area contributed by atoms with E-state index in [4.69, 9.17) is 16.9 Å². The van der Waals surface area contributed by atoms with Gasteiger partial charge < -0.3 is 4.90 Å². The number of nitrogens with zero attached hydrogens (tertiary/aromatic N) is 3. The highest BCUT2D eigenvalue weighted by Gasteiger charge is 2.31. The summed E-state index contributed by atoms with van der Waals surface area (Å²) in [6, 6.07) is 7.53. The molecule has 0 atom stereocenters. The second-order valence-electron chi connectivity index (χ2n) is 5.58. The Balaban J connectivity index is 2.04. The quantitative estimate of drug-likeness (QED) is 0.803. The highest BCUT2D eigenvalue weighted by molar-refractivity contribution is 9.10. The van der Waals surface area contributed by atoms with Crippen LogP contribution in [0.5, 0.6) is 0 Å². The Morgan fingerprint density at radius 3 is 2.48 bits per heavy atom. The minimum Gasteiger partial charge on any atom is -0.336 e. The standard InChI is InChI=1S/C15H17BrClN3O/c1-15(2,10-18)20-7-5-19(6-8-20)14(21)11-3-4-12(16)13(17)9-11/h3-4,9H,5-8H2,1-2H3. The second-order valence-corrected chi connectivity index (χ2v) is 6.84.